The number of nitrogens with two attached hydrogens (primary N) is 7. The molecule has 4 aromatic carbocycles. The maximum Gasteiger partial charge on any atom is 0.294 e. The molecule has 3 saturated heterocycles. The lowest BCUT2D eigenvalue weighted by molar-refractivity contribution is -0.890. The summed E-state index contributed by atoms with van der Waals surface area (Å²) in [4.78, 5) is 58.2. The third-order valence-electron chi connectivity index (χ3n) is 22.2. The molecule has 1 amide bonds. The predicted molar refractivity (Wildman–Crippen MR) is 475 cm³/mol. The summed E-state index contributed by atoms with van der Waals surface area (Å²) in [5.41, 5.74) is 69.8. The van der Waals surface area contributed by atoms with E-state index in [1.54, 1.807) is 10.0 Å². The van der Waals surface area contributed by atoms with Crippen molar-refractivity contribution in [3.05, 3.63) is 208 Å². The minimum Gasteiger partial charge on any atom is -0.399 e. The minimum absolute atomic E-state index is 0.0445. The van der Waals surface area contributed by atoms with E-state index in [0.717, 1.165) is 253 Å². The van der Waals surface area contributed by atoms with Crippen molar-refractivity contribution in [3.63, 3.8) is 0 Å². The molecule has 2 aromatic heterocycles. The maximum atomic E-state index is 12.4. The molecule has 116 heavy (non-hydrogen) atoms. The molecule has 4 aliphatic carbocycles. The Balaban J connectivity index is 0.000000120. The Kier molecular flexibility index (Phi) is 24.7. The predicted octanol–water partition coefficient (Wildman–Crippen LogP) is 10.4. The number of carbonyl (C=O) groups excluding carboxylic acids is 1. The molecule has 28 nitrogen and oxygen atoms in total. The number of aliphatic hydroxyl groups is 2. The highest BCUT2D eigenvalue weighted by Crippen LogP contribution is 2.38. The first kappa shape index (κ1) is 80.0. The van der Waals surface area contributed by atoms with Crippen molar-refractivity contribution in [2.45, 2.75) is 84.5 Å². The van der Waals surface area contributed by atoms with Gasteiger partial charge in [-0.3, -0.25) is 35.2 Å². The number of nitrogen functional groups attached to an aromatic ring is 3. The Morgan fingerprint density at radius 2 is 1.03 bits per heavy atom. The molecular weight excluding hydrogens is 1460 g/mol. The molecule has 0 radical (unpaired) electrons. The Hall–Kier alpha value is -12.7. The van der Waals surface area contributed by atoms with Crippen LogP contribution in [-0.4, -0.2) is 210 Å². The number of carbonyl (C=O) groups is 1. The molecule has 0 atom stereocenters. The first-order valence-electron chi connectivity index (χ1n) is 40.2. The van der Waals surface area contributed by atoms with Crippen molar-refractivity contribution in [3.8, 4) is 0 Å². The minimum atomic E-state index is -0.197. The standard InChI is InChI=1S/C22H28N7.C19H24N4O2.C17H20N4.C15H18N6O.C15H16N4/c1-29(2)12-10-27(11-13-29)22-21(20-7-3-4-9-28(20)26-22)25-19-14-16-6-5-8-24-18(16)15-17(19)23;20-17-13-18-14(2-1-7-21-18)12-19(17)22-15-3-5-16(6-4-15)23(8-10-24)9-11-25;1-10-11(2)15(6-5-13(10)18)21-17-8-12-4-3-7-20-16(12)9-14(17)19;16-10-8-11-9(3-1-4-18-11)7-12(10)19-13-14(17)20-5-2-6-21(20)15(13)22;16-11-3-5-12(6-4-11)19-15-8-10-2-1-7-18-14(10)9-13(15)17/h3-4,7,9,14-15H,5-6,8,10-13,23H2,1-2H3;3-6,12-13,24-25H,1-2,7-11,20H2;5-6,8-9H,3-4,7,18-19H2,1-2H3;7-8,17-18H,1-6,16H2;3-6,8-9H,1-2,7,16-17H2/q+1;;;;. The summed E-state index contributed by atoms with van der Waals surface area (Å²) in [5, 5.41) is 37.9. The van der Waals surface area contributed by atoms with Gasteiger partial charge in [-0.25, -0.2) is 34.5 Å². The number of likely N-dealkylation sites (N-methyl/N-ethyl adjacent to an activating group) is 1. The number of hydrazine groups is 1. The summed E-state index contributed by atoms with van der Waals surface area (Å²) in [6.07, 6.45) is 29.4. The fourth-order valence-corrected chi connectivity index (χ4v) is 15.3. The molecule has 0 unspecified atom stereocenters. The fraction of sp³-hybridized carbons (Fsp3) is 0.341. The number of allylic oxidation sites excluding steroid dienone is 12. The highest BCUT2D eigenvalue weighted by atomic mass is 16.3. The van der Waals surface area contributed by atoms with E-state index in [0.29, 0.717) is 60.3 Å². The van der Waals surface area contributed by atoms with E-state index in [4.69, 9.17) is 70.8 Å². The van der Waals surface area contributed by atoms with Gasteiger partial charge >= 0.3 is 0 Å². The highest BCUT2D eigenvalue weighted by Gasteiger charge is 2.42. The van der Waals surface area contributed by atoms with Crippen molar-refractivity contribution in [2.24, 2.45) is 67.9 Å². The van der Waals surface area contributed by atoms with Crippen LogP contribution in [0.15, 0.2) is 236 Å². The van der Waals surface area contributed by atoms with Gasteiger partial charge in [0.2, 0.25) is 0 Å². The second-order valence-electron chi connectivity index (χ2n) is 30.9. The molecule has 10 heterocycles. The van der Waals surface area contributed by atoms with Gasteiger partial charge in [0.1, 0.15) is 5.69 Å². The number of aryl methyl sites for hydroxylation is 1. The Morgan fingerprint density at radius 3 is 1.56 bits per heavy atom. The molecule has 6 aromatic rings. The number of piperazine rings is 1. The average molecular weight is 1560 g/mol. The number of rotatable bonds is 11. The number of aliphatic imine (C=N–C) groups is 9. The number of fused-ring (bicyclic) bond motifs is 7. The van der Waals surface area contributed by atoms with Crippen molar-refractivity contribution in [1.29, 1.82) is 5.41 Å². The zero-order chi connectivity index (χ0) is 81.2. The number of benzene rings is 4. The van der Waals surface area contributed by atoms with E-state index >= 15 is 0 Å². The topological polar surface area (TPSA) is 417 Å². The third-order valence-corrected chi connectivity index (χ3v) is 22.2. The van der Waals surface area contributed by atoms with Crippen molar-refractivity contribution in [1.82, 2.24) is 19.6 Å². The summed E-state index contributed by atoms with van der Waals surface area (Å²) < 4.78 is 2.96. The highest BCUT2D eigenvalue weighted by molar-refractivity contribution is 6.68. The third kappa shape index (κ3) is 18.6. The van der Waals surface area contributed by atoms with Crippen LogP contribution in [0.1, 0.15) is 80.9 Å². The van der Waals surface area contributed by atoms with Gasteiger partial charge in [0, 0.05) is 87.8 Å². The van der Waals surface area contributed by atoms with Crippen LogP contribution < -0.4 is 55.3 Å². The number of aromatic nitrogens is 2. The zero-order valence-electron chi connectivity index (χ0n) is 66.7. The average Bonchev–Trinajstić information content (AvgIpc) is 1.62. The van der Waals surface area contributed by atoms with Gasteiger partial charge in [-0.05, 0) is 257 Å². The number of nitrogens with zero attached hydrogens (tertiary/aromatic N) is 16. The lowest BCUT2D eigenvalue weighted by Gasteiger charge is -2.39. The molecule has 18 N–H and O–H groups in total. The van der Waals surface area contributed by atoms with Crippen LogP contribution in [0.5, 0.6) is 0 Å². The molecule has 8 aliphatic heterocycles. The first-order valence-corrected chi connectivity index (χ1v) is 40.2. The van der Waals surface area contributed by atoms with E-state index in [1.807, 2.05) is 151 Å². The fourth-order valence-electron chi connectivity index (χ4n) is 15.3. The maximum absolute atomic E-state index is 12.4. The Morgan fingerprint density at radius 1 is 0.526 bits per heavy atom. The summed E-state index contributed by atoms with van der Waals surface area (Å²) in [6, 6.07) is 28.9. The molecule has 0 bridgehead atoms. The van der Waals surface area contributed by atoms with Crippen LogP contribution in [0.3, 0.4) is 0 Å². The normalized spacial score (nSPS) is 20.8. The molecule has 3 fully saturated rings. The van der Waals surface area contributed by atoms with Gasteiger partial charge in [-0.1, -0.05) is 6.07 Å². The van der Waals surface area contributed by atoms with Gasteiger partial charge in [0.25, 0.3) is 5.91 Å². The molecule has 12 aliphatic rings. The number of pyridine rings is 1. The number of hydrogen-bond acceptors (Lipinski definition) is 24. The number of hydrogen-bond donors (Lipinski definition) is 11. The lowest BCUT2D eigenvalue weighted by atomic mass is 9.94. The molecule has 18 rings (SSSR count). The Bertz CT molecular complexity index is 5360. The quantitative estimate of drug-likeness (QED) is 0.0326. The first-order chi connectivity index (χ1) is 56.1. The van der Waals surface area contributed by atoms with Gasteiger partial charge in [-0.2, -0.15) is 0 Å². The van der Waals surface area contributed by atoms with Crippen LogP contribution in [-0.2, 0) is 11.2 Å². The summed E-state index contributed by atoms with van der Waals surface area (Å²) >= 11 is 0. The Labute approximate surface area is 677 Å². The SMILES string of the molecule is C[N+]1(C)CCN(c2nn3ccccc3c2N=C2C=C3CCCN=C3C=C2N)CC1.Cc1c(N)ccc(N=C2C=C3CCCN=C3C=C2N)c1C.N=C1C(=Nc2cc3c(cc2N)NCCC3)C(=O)N2CCCN12.NC1=CC2=NCCCC2=CC1=Nc1ccc(N(CCO)CCO)cc1.NC1=CC2=NCCCC2=CC1=Nc1ccc(N)cc1. The second kappa shape index (κ2) is 35.8. The monoisotopic (exact) mass is 1560 g/mol. The van der Waals surface area contributed by atoms with Gasteiger partial charge < -0.3 is 69.9 Å². The summed E-state index contributed by atoms with van der Waals surface area (Å²) in [7, 11) is 4.57. The molecule has 600 valence electrons. The van der Waals surface area contributed by atoms with Crippen LogP contribution in [0.2, 0.25) is 0 Å². The molecule has 0 saturated carbocycles. The number of anilines is 6. The van der Waals surface area contributed by atoms with E-state index in [-0.39, 0.29) is 30.7 Å². The number of aliphatic hydroxyl groups excluding tert-OH is 2. The largest absolute Gasteiger partial charge is 0.399 e. The smallest absolute Gasteiger partial charge is 0.294 e. The second-order valence-corrected chi connectivity index (χ2v) is 30.9. The molecule has 28 heteroatoms. The van der Waals surface area contributed by atoms with Gasteiger partial charge in [-0.15, -0.1) is 5.10 Å². The molecular formula is C88H106N25O3+. The van der Waals surface area contributed by atoms with Crippen LogP contribution in [0.25, 0.3) is 5.52 Å². The van der Waals surface area contributed by atoms with Crippen molar-refractivity contribution >= 4 is 131 Å². The van der Waals surface area contributed by atoms with Crippen LogP contribution >= 0.6 is 0 Å². The van der Waals surface area contributed by atoms with E-state index in [9.17, 15) is 4.79 Å². The van der Waals surface area contributed by atoms with Crippen LogP contribution in [0.4, 0.5) is 62.7 Å². The molecule has 0 spiro atoms. The van der Waals surface area contributed by atoms with E-state index in [1.165, 1.54) is 22.3 Å². The van der Waals surface area contributed by atoms with Crippen LogP contribution in [0, 0.1) is 19.3 Å². The number of amides is 1. The summed E-state index contributed by atoms with van der Waals surface area (Å²) in [5.74, 6) is 0.924. The summed E-state index contributed by atoms with van der Waals surface area (Å²) in [6.45, 7) is 15.1. The number of amidine groups is 1. The van der Waals surface area contributed by atoms with E-state index < -0.39 is 0 Å². The number of nitrogens with one attached hydrogen (secondary N) is 2. The lowest BCUT2D eigenvalue weighted by Crippen LogP contribution is -2.55. The zero-order valence-corrected chi connectivity index (χ0v) is 66.7. The number of quaternary nitrogens is 1. The van der Waals surface area contributed by atoms with Crippen molar-refractivity contribution < 1.29 is 19.5 Å². The van der Waals surface area contributed by atoms with Crippen molar-refractivity contribution in [2.75, 3.05) is 145 Å². The van der Waals surface area contributed by atoms with E-state index in [2.05, 4.69) is 77.5 Å². The van der Waals surface area contributed by atoms with Gasteiger partial charge in [0.15, 0.2) is 17.4 Å². The van der Waals surface area contributed by atoms with Gasteiger partial charge in [0.05, 0.1) is 156 Å².